The summed E-state index contributed by atoms with van der Waals surface area (Å²) >= 11 is 0. The van der Waals surface area contributed by atoms with Gasteiger partial charge < -0.3 is 11.1 Å². The molecule has 3 nitrogen and oxygen atoms in total. The fraction of sp³-hybridized carbons (Fsp3) is 0.533. The lowest BCUT2D eigenvalue weighted by Gasteiger charge is -2.39. The number of anilines is 1. The van der Waals surface area contributed by atoms with E-state index in [0.717, 1.165) is 23.1 Å². The van der Waals surface area contributed by atoms with Gasteiger partial charge in [-0.05, 0) is 42.4 Å². The Balaban J connectivity index is 1.82. The van der Waals surface area contributed by atoms with Crippen molar-refractivity contribution < 1.29 is 4.79 Å². The average Bonchev–Trinajstić information content (AvgIpc) is 2.23. The van der Waals surface area contributed by atoms with Crippen molar-refractivity contribution in [3.8, 4) is 0 Å². The van der Waals surface area contributed by atoms with Crippen LogP contribution < -0.4 is 11.1 Å². The Hall–Kier alpha value is -1.51. The number of amides is 1. The Kier molecular flexibility index (Phi) is 3.90. The summed E-state index contributed by atoms with van der Waals surface area (Å²) in [6.07, 6.45) is 2.85. The van der Waals surface area contributed by atoms with Gasteiger partial charge in [0.2, 0.25) is 5.91 Å². The zero-order valence-electron chi connectivity index (χ0n) is 11.1. The molecule has 0 atom stereocenters. The van der Waals surface area contributed by atoms with Crippen LogP contribution in [0.15, 0.2) is 24.3 Å². The largest absolute Gasteiger partial charge is 0.382 e. The maximum absolute atomic E-state index is 10.8. The number of rotatable bonds is 5. The lowest BCUT2D eigenvalue weighted by molar-refractivity contribution is -0.117. The summed E-state index contributed by atoms with van der Waals surface area (Å²) < 4.78 is 0. The van der Waals surface area contributed by atoms with Crippen molar-refractivity contribution in [3.05, 3.63) is 29.8 Å². The van der Waals surface area contributed by atoms with E-state index in [0.29, 0.717) is 12.5 Å². The van der Waals surface area contributed by atoms with E-state index in [-0.39, 0.29) is 5.91 Å². The van der Waals surface area contributed by atoms with Crippen LogP contribution in [-0.2, 0) is 11.2 Å². The lowest BCUT2D eigenvalue weighted by Crippen LogP contribution is -2.37. The first-order valence-electron chi connectivity index (χ1n) is 6.68. The second-order valence-corrected chi connectivity index (χ2v) is 5.66. The van der Waals surface area contributed by atoms with E-state index in [1.807, 2.05) is 24.3 Å². The number of hydrogen-bond acceptors (Lipinski definition) is 2. The molecule has 1 amide bonds. The van der Waals surface area contributed by atoms with Gasteiger partial charge in [-0.3, -0.25) is 4.79 Å². The molecular weight excluding hydrogens is 224 g/mol. The summed E-state index contributed by atoms with van der Waals surface area (Å²) in [5, 5.41) is 3.53. The molecule has 0 unspecified atom stereocenters. The SMILES string of the molecule is CC(C)C1CC(Nc2ccc(CC(N)=O)cc2)C1. The first kappa shape index (κ1) is 12.9. The highest BCUT2D eigenvalue weighted by molar-refractivity contribution is 5.76. The predicted octanol–water partition coefficient (Wildman–Crippen LogP) is 2.56. The highest BCUT2D eigenvalue weighted by Crippen LogP contribution is 2.35. The minimum absolute atomic E-state index is 0.283. The first-order chi connectivity index (χ1) is 8.54. The fourth-order valence-corrected chi connectivity index (χ4v) is 2.48. The van der Waals surface area contributed by atoms with Gasteiger partial charge in [-0.25, -0.2) is 0 Å². The minimum atomic E-state index is -0.283. The van der Waals surface area contributed by atoms with Crippen LogP contribution in [0, 0.1) is 11.8 Å². The molecule has 0 saturated heterocycles. The molecule has 0 heterocycles. The maximum Gasteiger partial charge on any atom is 0.221 e. The van der Waals surface area contributed by atoms with E-state index in [2.05, 4.69) is 19.2 Å². The molecule has 0 aliphatic heterocycles. The van der Waals surface area contributed by atoms with Gasteiger partial charge >= 0.3 is 0 Å². The fourth-order valence-electron chi connectivity index (χ4n) is 2.48. The van der Waals surface area contributed by atoms with E-state index in [1.165, 1.54) is 12.8 Å². The number of nitrogens with two attached hydrogens (primary N) is 1. The summed E-state index contributed by atoms with van der Waals surface area (Å²) in [6.45, 7) is 4.58. The third-order valence-electron chi connectivity index (χ3n) is 3.82. The van der Waals surface area contributed by atoms with Crippen molar-refractivity contribution in [2.75, 3.05) is 5.32 Å². The molecule has 3 N–H and O–H groups in total. The Morgan fingerprint density at radius 2 is 1.94 bits per heavy atom. The number of nitrogens with one attached hydrogen (secondary N) is 1. The van der Waals surface area contributed by atoms with Crippen molar-refractivity contribution in [2.45, 2.75) is 39.2 Å². The monoisotopic (exact) mass is 246 g/mol. The van der Waals surface area contributed by atoms with Crippen LogP contribution in [-0.4, -0.2) is 11.9 Å². The van der Waals surface area contributed by atoms with Crippen LogP contribution in [0.4, 0.5) is 5.69 Å². The molecule has 0 spiro atoms. The summed E-state index contributed by atoms with van der Waals surface area (Å²) in [5.74, 6) is 1.38. The molecule has 1 aromatic carbocycles. The molecule has 3 heteroatoms. The van der Waals surface area contributed by atoms with Crippen LogP contribution in [0.2, 0.25) is 0 Å². The topological polar surface area (TPSA) is 55.1 Å². The van der Waals surface area contributed by atoms with Crippen LogP contribution in [0.1, 0.15) is 32.3 Å². The molecule has 0 bridgehead atoms. The van der Waals surface area contributed by atoms with Crippen molar-refractivity contribution in [2.24, 2.45) is 17.6 Å². The normalized spacial score (nSPS) is 22.6. The van der Waals surface area contributed by atoms with Crippen molar-refractivity contribution in [3.63, 3.8) is 0 Å². The molecule has 1 fully saturated rings. The van der Waals surface area contributed by atoms with Gasteiger partial charge in [-0.2, -0.15) is 0 Å². The third kappa shape index (κ3) is 3.25. The lowest BCUT2D eigenvalue weighted by atomic mass is 9.73. The van der Waals surface area contributed by atoms with Crippen LogP contribution in [0.3, 0.4) is 0 Å². The molecule has 1 aliphatic rings. The minimum Gasteiger partial charge on any atom is -0.382 e. The number of carbonyl (C=O) groups is 1. The first-order valence-corrected chi connectivity index (χ1v) is 6.68. The molecule has 18 heavy (non-hydrogen) atoms. The Bertz CT molecular complexity index is 405. The van der Waals surface area contributed by atoms with E-state index >= 15 is 0 Å². The second kappa shape index (κ2) is 5.42. The van der Waals surface area contributed by atoms with Crippen molar-refractivity contribution in [1.29, 1.82) is 0 Å². The van der Waals surface area contributed by atoms with Gasteiger partial charge in [-0.15, -0.1) is 0 Å². The second-order valence-electron chi connectivity index (χ2n) is 5.66. The summed E-state index contributed by atoms with van der Waals surface area (Å²) in [4.78, 5) is 10.8. The Morgan fingerprint density at radius 3 is 2.44 bits per heavy atom. The van der Waals surface area contributed by atoms with Gasteiger partial charge in [0.1, 0.15) is 0 Å². The molecule has 0 radical (unpaired) electrons. The molecule has 2 rings (SSSR count). The highest BCUT2D eigenvalue weighted by Gasteiger charge is 2.30. The van der Waals surface area contributed by atoms with E-state index < -0.39 is 0 Å². The Labute approximate surface area is 109 Å². The molecular formula is C15H22N2O. The van der Waals surface area contributed by atoms with Gasteiger partial charge in [0, 0.05) is 11.7 Å². The van der Waals surface area contributed by atoms with E-state index in [4.69, 9.17) is 5.73 Å². The van der Waals surface area contributed by atoms with E-state index in [1.54, 1.807) is 0 Å². The molecule has 1 aromatic rings. The molecule has 0 aromatic heterocycles. The smallest absolute Gasteiger partial charge is 0.221 e. The Morgan fingerprint density at radius 1 is 1.33 bits per heavy atom. The van der Waals surface area contributed by atoms with Gasteiger partial charge in [0.25, 0.3) is 0 Å². The van der Waals surface area contributed by atoms with Gasteiger partial charge in [0.05, 0.1) is 6.42 Å². The zero-order valence-corrected chi connectivity index (χ0v) is 11.1. The molecule has 1 saturated carbocycles. The zero-order chi connectivity index (χ0) is 13.1. The van der Waals surface area contributed by atoms with Crippen molar-refractivity contribution >= 4 is 11.6 Å². The number of carbonyl (C=O) groups excluding carboxylic acids is 1. The number of hydrogen-bond donors (Lipinski definition) is 2. The maximum atomic E-state index is 10.8. The van der Waals surface area contributed by atoms with Crippen LogP contribution in [0.5, 0.6) is 0 Å². The van der Waals surface area contributed by atoms with Gasteiger partial charge in [-0.1, -0.05) is 26.0 Å². The summed E-state index contributed by atoms with van der Waals surface area (Å²) in [7, 11) is 0. The summed E-state index contributed by atoms with van der Waals surface area (Å²) in [5.41, 5.74) is 7.27. The van der Waals surface area contributed by atoms with Crippen molar-refractivity contribution in [1.82, 2.24) is 0 Å². The number of benzene rings is 1. The summed E-state index contributed by atoms with van der Waals surface area (Å²) in [6, 6.07) is 8.60. The third-order valence-corrected chi connectivity index (χ3v) is 3.82. The highest BCUT2D eigenvalue weighted by atomic mass is 16.1. The van der Waals surface area contributed by atoms with E-state index in [9.17, 15) is 4.79 Å². The van der Waals surface area contributed by atoms with Crippen LogP contribution in [0.25, 0.3) is 0 Å². The number of primary amides is 1. The van der Waals surface area contributed by atoms with Crippen LogP contribution >= 0.6 is 0 Å². The molecule has 98 valence electrons. The average molecular weight is 246 g/mol. The predicted molar refractivity (Wildman–Crippen MR) is 74.3 cm³/mol. The molecule has 1 aliphatic carbocycles. The quantitative estimate of drug-likeness (QED) is 0.839. The standard InChI is InChI=1S/C15H22N2O/c1-10(2)12-8-14(9-12)17-13-5-3-11(4-6-13)7-15(16)18/h3-6,10,12,14,17H,7-9H2,1-2H3,(H2,16,18). The van der Waals surface area contributed by atoms with Gasteiger partial charge in [0.15, 0.2) is 0 Å².